The molecule has 0 aromatic heterocycles. The second-order valence-corrected chi connectivity index (χ2v) is 7.68. The molecule has 25 heavy (non-hydrogen) atoms. The number of aliphatic imine (C=N–C) groups is 1. The minimum Gasteiger partial charge on any atom is -0.444 e. The lowest BCUT2D eigenvalue weighted by atomic mass is 10.1. The minimum absolute atomic E-state index is 0.117. The molecule has 2 amide bonds. The van der Waals surface area contributed by atoms with Crippen LogP contribution in [0.5, 0.6) is 0 Å². The molecule has 0 aliphatic carbocycles. The normalized spacial score (nSPS) is 20.5. The molecule has 3 rings (SSSR count). The van der Waals surface area contributed by atoms with Gasteiger partial charge in [0, 0.05) is 31.9 Å². The molecule has 2 aliphatic heterocycles. The fourth-order valence-electron chi connectivity index (χ4n) is 3.14. The highest BCUT2D eigenvalue weighted by atomic mass is 16.6. The van der Waals surface area contributed by atoms with Crippen LogP contribution in [-0.4, -0.2) is 47.2 Å². The summed E-state index contributed by atoms with van der Waals surface area (Å²) in [5.74, 6) is -0.0315. The van der Waals surface area contributed by atoms with Crippen LogP contribution in [0.2, 0.25) is 0 Å². The van der Waals surface area contributed by atoms with Gasteiger partial charge in [-0.05, 0) is 38.8 Å². The third-order valence-corrected chi connectivity index (χ3v) is 4.47. The van der Waals surface area contributed by atoms with Crippen molar-refractivity contribution < 1.29 is 14.3 Å². The Morgan fingerprint density at radius 2 is 2.08 bits per heavy atom. The summed E-state index contributed by atoms with van der Waals surface area (Å²) in [6, 6.07) is 5.87. The summed E-state index contributed by atoms with van der Waals surface area (Å²) in [6.45, 7) is 7.36. The van der Waals surface area contributed by atoms with Gasteiger partial charge < -0.3 is 9.64 Å². The van der Waals surface area contributed by atoms with E-state index in [0.29, 0.717) is 13.1 Å². The Bertz CT molecular complexity index is 721. The first-order chi connectivity index (χ1) is 11.7. The van der Waals surface area contributed by atoms with Crippen molar-refractivity contribution in [2.75, 3.05) is 13.6 Å². The van der Waals surface area contributed by atoms with Gasteiger partial charge in [0.1, 0.15) is 5.60 Å². The van der Waals surface area contributed by atoms with Crippen molar-refractivity contribution in [3.05, 3.63) is 29.3 Å². The van der Waals surface area contributed by atoms with Crippen molar-refractivity contribution in [2.24, 2.45) is 10.9 Å². The molecule has 2 heterocycles. The van der Waals surface area contributed by atoms with E-state index in [1.54, 1.807) is 16.0 Å². The van der Waals surface area contributed by atoms with Crippen LogP contribution >= 0.6 is 0 Å². The number of rotatable bonds is 2. The molecule has 6 heteroatoms. The Balaban J connectivity index is 1.74. The van der Waals surface area contributed by atoms with Crippen LogP contribution in [0.25, 0.3) is 0 Å². The molecular formula is C19H25N3O3. The molecule has 1 fully saturated rings. The van der Waals surface area contributed by atoms with E-state index in [2.05, 4.69) is 4.99 Å². The number of hydrogen-bond acceptors (Lipinski definition) is 4. The van der Waals surface area contributed by atoms with Crippen LogP contribution in [0, 0.1) is 5.92 Å². The lowest BCUT2D eigenvalue weighted by Gasteiger charge is -2.24. The van der Waals surface area contributed by atoms with Crippen molar-refractivity contribution >= 4 is 23.9 Å². The summed E-state index contributed by atoms with van der Waals surface area (Å²) in [7, 11) is 1.81. The molecule has 0 saturated carbocycles. The van der Waals surface area contributed by atoms with Crippen LogP contribution < -0.4 is 0 Å². The van der Waals surface area contributed by atoms with Gasteiger partial charge in [0.15, 0.2) is 0 Å². The Hall–Kier alpha value is -2.37. The standard InChI is InChI=1S/C19H25N3O3/c1-19(2,3)25-18(24)22-11-14-6-5-7-16(15(14)12-22)20-10-13-8-9-21(4)17(13)23/h5-7,10,13H,8-9,11-12H2,1-4H3. The maximum Gasteiger partial charge on any atom is 0.410 e. The third kappa shape index (κ3) is 3.83. The average molecular weight is 343 g/mol. The van der Waals surface area contributed by atoms with Crippen molar-refractivity contribution in [1.82, 2.24) is 9.80 Å². The molecule has 0 spiro atoms. The molecule has 6 nitrogen and oxygen atoms in total. The van der Waals surface area contributed by atoms with Crippen molar-refractivity contribution in [2.45, 2.75) is 45.9 Å². The Labute approximate surface area is 148 Å². The largest absolute Gasteiger partial charge is 0.444 e. The maximum absolute atomic E-state index is 12.3. The van der Waals surface area contributed by atoms with E-state index in [1.165, 1.54) is 0 Å². The fourth-order valence-corrected chi connectivity index (χ4v) is 3.14. The monoisotopic (exact) mass is 343 g/mol. The summed E-state index contributed by atoms with van der Waals surface area (Å²) in [6.07, 6.45) is 2.24. The number of fused-ring (bicyclic) bond motifs is 1. The van der Waals surface area contributed by atoms with Gasteiger partial charge in [0.05, 0.1) is 18.2 Å². The van der Waals surface area contributed by atoms with Crippen molar-refractivity contribution in [3.63, 3.8) is 0 Å². The lowest BCUT2D eigenvalue weighted by molar-refractivity contribution is -0.128. The first-order valence-corrected chi connectivity index (χ1v) is 8.62. The van der Waals surface area contributed by atoms with E-state index in [9.17, 15) is 9.59 Å². The first kappa shape index (κ1) is 17.5. The Kier molecular flexibility index (Phi) is 4.54. The summed E-state index contributed by atoms with van der Waals surface area (Å²) in [4.78, 5) is 32.3. The molecule has 1 unspecified atom stereocenters. The average Bonchev–Trinajstić information content (AvgIpc) is 3.09. The van der Waals surface area contributed by atoms with Gasteiger partial charge >= 0.3 is 6.09 Å². The van der Waals surface area contributed by atoms with E-state index in [4.69, 9.17) is 4.74 Å². The molecular weight excluding hydrogens is 318 g/mol. The number of nitrogens with zero attached hydrogens (tertiary/aromatic N) is 3. The number of ether oxygens (including phenoxy) is 1. The second-order valence-electron chi connectivity index (χ2n) is 7.68. The summed E-state index contributed by atoms with van der Waals surface area (Å²) in [5.41, 5.74) is 2.42. The molecule has 1 saturated heterocycles. The number of likely N-dealkylation sites (tertiary alicyclic amines) is 1. The van der Waals surface area contributed by atoms with Gasteiger partial charge in [0.2, 0.25) is 5.91 Å². The van der Waals surface area contributed by atoms with Gasteiger partial charge in [-0.1, -0.05) is 12.1 Å². The summed E-state index contributed by atoms with van der Waals surface area (Å²) >= 11 is 0. The van der Waals surface area contributed by atoms with E-state index >= 15 is 0 Å². The zero-order chi connectivity index (χ0) is 18.2. The number of hydrogen-bond donors (Lipinski definition) is 0. The van der Waals surface area contributed by atoms with Crippen LogP contribution in [-0.2, 0) is 22.6 Å². The SMILES string of the molecule is CN1CCC(C=Nc2cccc3c2CN(C(=O)OC(C)(C)C)C3)C1=O. The third-order valence-electron chi connectivity index (χ3n) is 4.47. The Morgan fingerprint density at radius 3 is 2.72 bits per heavy atom. The molecule has 1 aromatic rings. The highest BCUT2D eigenvalue weighted by Gasteiger charge is 2.30. The number of carbonyl (C=O) groups is 2. The molecule has 2 aliphatic rings. The lowest BCUT2D eigenvalue weighted by Crippen LogP contribution is -2.33. The van der Waals surface area contributed by atoms with E-state index in [0.717, 1.165) is 29.8 Å². The maximum atomic E-state index is 12.3. The minimum atomic E-state index is -0.512. The van der Waals surface area contributed by atoms with Crippen LogP contribution in [0.15, 0.2) is 23.2 Å². The van der Waals surface area contributed by atoms with Gasteiger partial charge in [0.25, 0.3) is 0 Å². The molecule has 0 bridgehead atoms. The second kappa shape index (κ2) is 6.50. The van der Waals surface area contributed by atoms with E-state index in [1.807, 2.05) is 46.0 Å². The smallest absolute Gasteiger partial charge is 0.410 e. The fraction of sp³-hybridized carbons (Fsp3) is 0.526. The first-order valence-electron chi connectivity index (χ1n) is 8.62. The number of amides is 2. The van der Waals surface area contributed by atoms with Crippen LogP contribution in [0.3, 0.4) is 0 Å². The zero-order valence-electron chi connectivity index (χ0n) is 15.3. The summed E-state index contributed by atoms with van der Waals surface area (Å²) in [5, 5.41) is 0. The van der Waals surface area contributed by atoms with Crippen molar-refractivity contribution in [1.29, 1.82) is 0 Å². The van der Waals surface area contributed by atoms with Crippen LogP contribution in [0.1, 0.15) is 38.3 Å². The number of benzene rings is 1. The molecule has 1 aromatic carbocycles. The quantitative estimate of drug-likeness (QED) is 0.775. The summed E-state index contributed by atoms with van der Waals surface area (Å²) < 4.78 is 5.46. The zero-order valence-corrected chi connectivity index (χ0v) is 15.3. The van der Waals surface area contributed by atoms with Gasteiger partial charge in [-0.15, -0.1) is 0 Å². The highest BCUT2D eigenvalue weighted by Crippen LogP contribution is 2.32. The van der Waals surface area contributed by atoms with E-state index in [-0.39, 0.29) is 17.9 Å². The topological polar surface area (TPSA) is 62.2 Å². The van der Waals surface area contributed by atoms with Crippen molar-refractivity contribution in [3.8, 4) is 0 Å². The molecule has 134 valence electrons. The molecule has 0 radical (unpaired) electrons. The molecule has 0 N–H and O–H groups in total. The van der Waals surface area contributed by atoms with E-state index < -0.39 is 5.60 Å². The number of carbonyl (C=O) groups excluding carboxylic acids is 2. The predicted octanol–water partition coefficient (Wildman–Crippen LogP) is 3.12. The highest BCUT2D eigenvalue weighted by molar-refractivity contribution is 5.95. The van der Waals surface area contributed by atoms with Gasteiger partial charge in [-0.3, -0.25) is 14.7 Å². The molecule has 1 atom stereocenters. The predicted molar refractivity (Wildman–Crippen MR) is 95.8 cm³/mol. The van der Waals surface area contributed by atoms with Gasteiger partial charge in [-0.25, -0.2) is 4.79 Å². The van der Waals surface area contributed by atoms with Gasteiger partial charge in [-0.2, -0.15) is 0 Å². The Morgan fingerprint density at radius 1 is 1.32 bits per heavy atom. The van der Waals surface area contributed by atoms with Crippen LogP contribution in [0.4, 0.5) is 10.5 Å².